The van der Waals surface area contributed by atoms with Gasteiger partial charge >= 0.3 is 0 Å². The number of fused-ring (bicyclic) bond motifs is 1. The molecule has 0 fully saturated rings. The fraction of sp³-hybridized carbons (Fsp3) is 0.167. The Morgan fingerprint density at radius 1 is 1.05 bits per heavy atom. The largest absolute Gasteiger partial charge is 0.330 e. The van der Waals surface area contributed by atoms with Crippen molar-refractivity contribution in [2.45, 2.75) is 23.1 Å². The van der Waals surface area contributed by atoms with Gasteiger partial charge in [0, 0.05) is 34.6 Å². The monoisotopic (exact) mass is 292 g/mol. The van der Waals surface area contributed by atoms with Gasteiger partial charge in [-0.15, -0.1) is 11.8 Å². The fourth-order valence-electron chi connectivity index (χ4n) is 2.88. The topological polar surface area (TPSA) is 17.8 Å². The molecule has 0 aliphatic carbocycles. The summed E-state index contributed by atoms with van der Waals surface area (Å²) in [5.41, 5.74) is 2.66. The summed E-state index contributed by atoms with van der Waals surface area (Å²) in [4.78, 5) is 5.97. The second-order valence-electron chi connectivity index (χ2n) is 5.32. The van der Waals surface area contributed by atoms with Crippen LogP contribution in [0.25, 0.3) is 11.4 Å². The summed E-state index contributed by atoms with van der Waals surface area (Å²) < 4.78 is 2.28. The third-order valence-electron chi connectivity index (χ3n) is 3.86. The summed E-state index contributed by atoms with van der Waals surface area (Å²) in [5, 5.41) is 0.596. The molecule has 1 aromatic heterocycles. The lowest BCUT2D eigenvalue weighted by atomic mass is 10.1. The maximum Gasteiger partial charge on any atom is 0.139 e. The molecule has 0 spiro atoms. The van der Waals surface area contributed by atoms with Gasteiger partial charge in [-0.2, -0.15) is 0 Å². The van der Waals surface area contributed by atoms with E-state index in [9.17, 15) is 0 Å². The van der Waals surface area contributed by atoms with Gasteiger partial charge in [-0.1, -0.05) is 48.5 Å². The zero-order valence-corrected chi connectivity index (χ0v) is 12.5. The van der Waals surface area contributed by atoms with Crippen molar-refractivity contribution in [2.75, 3.05) is 0 Å². The highest BCUT2D eigenvalue weighted by molar-refractivity contribution is 8.00. The summed E-state index contributed by atoms with van der Waals surface area (Å²) in [6, 6.07) is 19.1. The van der Waals surface area contributed by atoms with E-state index < -0.39 is 0 Å². The third kappa shape index (κ3) is 2.49. The van der Waals surface area contributed by atoms with Gasteiger partial charge in [-0.3, -0.25) is 0 Å². The summed E-state index contributed by atoms with van der Waals surface area (Å²) in [6.45, 7) is 1.00. The van der Waals surface area contributed by atoms with Crippen molar-refractivity contribution in [3.63, 3.8) is 0 Å². The second kappa shape index (κ2) is 5.41. The van der Waals surface area contributed by atoms with E-state index in [4.69, 9.17) is 0 Å². The van der Waals surface area contributed by atoms with Crippen LogP contribution in [-0.4, -0.2) is 14.8 Å². The minimum Gasteiger partial charge on any atom is -0.330 e. The number of hydrogen-bond acceptors (Lipinski definition) is 2. The zero-order chi connectivity index (χ0) is 14.1. The van der Waals surface area contributed by atoms with Gasteiger partial charge in [-0.05, 0) is 18.1 Å². The van der Waals surface area contributed by atoms with Gasteiger partial charge in [0.1, 0.15) is 5.82 Å². The van der Waals surface area contributed by atoms with E-state index in [1.165, 1.54) is 16.0 Å². The quantitative estimate of drug-likeness (QED) is 0.717. The molecule has 0 amide bonds. The average molecular weight is 292 g/mol. The molecular formula is C18H16N2S. The van der Waals surface area contributed by atoms with Gasteiger partial charge in [0.25, 0.3) is 0 Å². The molecule has 104 valence electrons. The van der Waals surface area contributed by atoms with Crippen molar-refractivity contribution >= 4 is 11.8 Å². The SMILES string of the molecule is c1ccc(-c2nccn2CC2Cc3ccccc3S2)cc1. The van der Waals surface area contributed by atoms with E-state index in [1.54, 1.807) is 0 Å². The Morgan fingerprint density at radius 2 is 1.86 bits per heavy atom. The average Bonchev–Trinajstić information content (AvgIpc) is 3.14. The van der Waals surface area contributed by atoms with Crippen LogP contribution in [0.3, 0.4) is 0 Å². The lowest BCUT2D eigenvalue weighted by molar-refractivity contribution is 0.669. The molecule has 1 aliphatic heterocycles. The summed E-state index contributed by atoms with van der Waals surface area (Å²) in [6.07, 6.45) is 5.13. The molecule has 0 N–H and O–H groups in total. The Balaban J connectivity index is 1.56. The number of hydrogen-bond donors (Lipinski definition) is 0. The first kappa shape index (κ1) is 12.7. The van der Waals surface area contributed by atoms with Crippen LogP contribution in [0.5, 0.6) is 0 Å². The number of aromatic nitrogens is 2. The van der Waals surface area contributed by atoms with Crippen molar-refractivity contribution in [3.8, 4) is 11.4 Å². The molecule has 1 atom stereocenters. The molecule has 0 saturated heterocycles. The van der Waals surface area contributed by atoms with E-state index in [0.29, 0.717) is 5.25 Å². The van der Waals surface area contributed by atoms with Gasteiger partial charge in [0.15, 0.2) is 0 Å². The highest BCUT2D eigenvalue weighted by Crippen LogP contribution is 2.37. The van der Waals surface area contributed by atoms with Crippen molar-refractivity contribution < 1.29 is 0 Å². The minimum atomic E-state index is 0.596. The Kier molecular flexibility index (Phi) is 3.28. The van der Waals surface area contributed by atoms with E-state index in [1.807, 2.05) is 24.0 Å². The smallest absolute Gasteiger partial charge is 0.139 e. The first-order valence-electron chi connectivity index (χ1n) is 7.21. The fourth-order valence-corrected chi connectivity index (χ4v) is 4.20. The van der Waals surface area contributed by atoms with Crippen LogP contribution in [0.15, 0.2) is 71.9 Å². The molecule has 2 heterocycles. The Morgan fingerprint density at radius 3 is 2.71 bits per heavy atom. The standard InChI is InChI=1S/C18H16N2S/c1-2-6-14(7-3-1)18-19-10-11-20(18)13-16-12-15-8-4-5-9-17(15)21-16/h1-11,16H,12-13H2. The molecule has 2 nitrogen and oxygen atoms in total. The molecule has 3 heteroatoms. The summed E-state index contributed by atoms with van der Waals surface area (Å²) >= 11 is 1.99. The van der Waals surface area contributed by atoms with Crippen LogP contribution >= 0.6 is 11.8 Å². The van der Waals surface area contributed by atoms with Gasteiger partial charge in [0.2, 0.25) is 0 Å². The predicted octanol–water partition coefficient (Wildman–Crippen LogP) is 4.27. The number of nitrogens with zero attached hydrogens (tertiary/aromatic N) is 2. The molecule has 0 bridgehead atoms. The van der Waals surface area contributed by atoms with Crippen molar-refractivity contribution in [1.29, 1.82) is 0 Å². The highest BCUT2D eigenvalue weighted by atomic mass is 32.2. The molecule has 1 aliphatic rings. The van der Waals surface area contributed by atoms with Crippen LogP contribution in [0.1, 0.15) is 5.56 Å². The van der Waals surface area contributed by atoms with Crippen LogP contribution in [-0.2, 0) is 13.0 Å². The molecule has 21 heavy (non-hydrogen) atoms. The van der Waals surface area contributed by atoms with Crippen LogP contribution < -0.4 is 0 Å². The molecule has 2 aromatic carbocycles. The van der Waals surface area contributed by atoms with Crippen LogP contribution in [0.4, 0.5) is 0 Å². The van der Waals surface area contributed by atoms with Crippen molar-refractivity contribution in [1.82, 2.24) is 9.55 Å². The number of rotatable bonds is 3. The van der Waals surface area contributed by atoms with Gasteiger partial charge in [-0.25, -0.2) is 4.98 Å². The van der Waals surface area contributed by atoms with Crippen molar-refractivity contribution in [2.24, 2.45) is 0 Å². The summed E-state index contributed by atoms with van der Waals surface area (Å²) in [5.74, 6) is 1.06. The second-order valence-corrected chi connectivity index (χ2v) is 6.66. The normalized spacial score (nSPS) is 16.9. The van der Waals surface area contributed by atoms with Crippen molar-refractivity contribution in [3.05, 3.63) is 72.6 Å². The maximum absolute atomic E-state index is 4.53. The van der Waals surface area contributed by atoms with E-state index in [2.05, 4.69) is 64.3 Å². The molecule has 3 aromatic rings. The van der Waals surface area contributed by atoms with E-state index >= 15 is 0 Å². The molecular weight excluding hydrogens is 276 g/mol. The molecule has 0 saturated carbocycles. The zero-order valence-electron chi connectivity index (χ0n) is 11.6. The Labute approximate surface area is 128 Å². The Hall–Kier alpha value is -2.00. The molecule has 1 unspecified atom stereocenters. The first-order chi connectivity index (χ1) is 10.4. The van der Waals surface area contributed by atoms with Gasteiger partial charge < -0.3 is 4.57 Å². The third-order valence-corrected chi connectivity index (χ3v) is 5.16. The predicted molar refractivity (Wildman–Crippen MR) is 87.5 cm³/mol. The Bertz CT molecular complexity index is 724. The lowest BCUT2D eigenvalue weighted by Gasteiger charge is -2.12. The minimum absolute atomic E-state index is 0.596. The highest BCUT2D eigenvalue weighted by Gasteiger charge is 2.22. The molecule has 0 radical (unpaired) electrons. The summed E-state index contributed by atoms with van der Waals surface area (Å²) in [7, 11) is 0. The maximum atomic E-state index is 4.53. The van der Waals surface area contributed by atoms with Crippen LogP contribution in [0, 0.1) is 0 Å². The van der Waals surface area contributed by atoms with Crippen LogP contribution in [0.2, 0.25) is 0 Å². The number of benzene rings is 2. The van der Waals surface area contributed by atoms with E-state index in [0.717, 1.165) is 18.8 Å². The lowest BCUT2D eigenvalue weighted by Crippen LogP contribution is -2.12. The van der Waals surface area contributed by atoms with Gasteiger partial charge in [0.05, 0.1) is 0 Å². The number of imidazole rings is 1. The first-order valence-corrected chi connectivity index (χ1v) is 8.09. The molecule has 4 rings (SSSR count). The van der Waals surface area contributed by atoms with E-state index in [-0.39, 0.29) is 0 Å². The number of thioether (sulfide) groups is 1.